The van der Waals surface area contributed by atoms with Crippen LogP contribution in [0.1, 0.15) is 42.5 Å². The first-order valence-corrected chi connectivity index (χ1v) is 14.4. The Balaban J connectivity index is 0.969. The molecule has 1 atom stereocenters. The number of nitrogens with zero attached hydrogens (tertiary/aromatic N) is 5. The van der Waals surface area contributed by atoms with Crippen molar-refractivity contribution in [2.75, 3.05) is 19.7 Å². The van der Waals surface area contributed by atoms with E-state index < -0.39 is 22.3 Å². The van der Waals surface area contributed by atoms with Crippen LogP contribution in [0.3, 0.4) is 0 Å². The quantitative estimate of drug-likeness (QED) is 0.168. The third-order valence-electron chi connectivity index (χ3n) is 7.64. The van der Waals surface area contributed by atoms with E-state index in [4.69, 9.17) is 9.47 Å². The lowest BCUT2D eigenvalue weighted by molar-refractivity contribution is -0.389. The van der Waals surface area contributed by atoms with Crippen molar-refractivity contribution in [2.24, 2.45) is 0 Å². The molecule has 2 aromatic carbocycles. The molecule has 0 radical (unpaired) electrons. The molecule has 1 saturated heterocycles. The van der Waals surface area contributed by atoms with Gasteiger partial charge in [0.05, 0.1) is 17.8 Å². The fourth-order valence-electron chi connectivity index (χ4n) is 5.40. The Morgan fingerprint density at radius 2 is 1.83 bits per heavy atom. The van der Waals surface area contributed by atoms with Crippen molar-refractivity contribution in [3.63, 3.8) is 0 Å². The molecule has 6 rings (SSSR count). The Morgan fingerprint density at radius 1 is 1.12 bits per heavy atom. The predicted octanol–water partition coefficient (Wildman–Crippen LogP) is 6.54. The normalized spacial score (nSPS) is 19.4. The van der Waals surface area contributed by atoms with Crippen LogP contribution in [0, 0.1) is 10.1 Å². The smallest absolute Gasteiger partial charge is 0.416 e. The highest BCUT2D eigenvalue weighted by atomic mass is 32.1. The van der Waals surface area contributed by atoms with E-state index in [1.807, 2.05) is 24.4 Å². The van der Waals surface area contributed by atoms with E-state index >= 15 is 0 Å². The summed E-state index contributed by atoms with van der Waals surface area (Å²) in [7, 11) is 0. The van der Waals surface area contributed by atoms with Crippen LogP contribution in [0.4, 0.5) is 19.0 Å². The zero-order valence-corrected chi connectivity index (χ0v) is 23.5. The zero-order chi connectivity index (χ0) is 29.5. The number of benzene rings is 2. The lowest BCUT2D eigenvalue weighted by Crippen LogP contribution is -2.38. The number of aromatic nitrogens is 3. The van der Waals surface area contributed by atoms with E-state index in [1.165, 1.54) is 35.2 Å². The number of ether oxygens (including phenoxy) is 2. The number of likely N-dealkylation sites (tertiary alicyclic amines) is 1. The van der Waals surface area contributed by atoms with Crippen LogP contribution in [-0.2, 0) is 19.3 Å². The molecular weight excluding hydrogens is 571 g/mol. The van der Waals surface area contributed by atoms with Crippen molar-refractivity contribution in [3.8, 4) is 22.3 Å². The van der Waals surface area contributed by atoms with E-state index in [-0.39, 0.29) is 18.4 Å². The number of alkyl halides is 3. The summed E-state index contributed by atoms with van der Waals surface area (Å²) in [6, 6.07) is 13.5. The molecule has 4 heterocycles. The third-order valence-corrected chi connectivity index (χ3v) is 8.58. The van der Waals surface area contributed by atoms with Crippen LogP contribution >= 0.6 is 11.3 Å². The molecule has 220 valence electrons. The molecule has 13 heteroatoms. The van der Waals surface area contributed by atoms with E-state index in [1.54, 1.807) is 4.57 Å². The first kappa shape index (κ1) is 28.2. The number of fused-ring (bicyclic) bond motifs is 1. The summed E-state index contributed by atoms with van der Waals surface area (Å²) >= 11 is 1.45. The summed E-state index contributed by atoms with van der Waals surface area (Å²) < 4.78 is 52.0. The van der Waals surface area contributed by atoms with E-state index in [9.17, 15) is 23.3 Å². The largest absolute Gasteiger partial charge is 0.489 e. The first-order valence-electron chi connectivity index (χ1n) is 13.5. The summed E-state index contributed by atoms with van der Waals surface area (Å²) in [6.07, 6.45) is -0.947. The van der Waals surface area contributed by atoms with E-state index in [0.29, 0.717) is 24.6 Å². The van der Waals surface area contributed by atoms with Gasteiger partial charge in [-0.2, -0.15) is 13.2 Å². The summed E-state index contributed by atoms with van der Waals surface area (Å²) in [5.74, 6) is 0.934. The van der Waals surface area contributed by atoms with Crippen molar-refractivity contribution < 1.29 is 27.6 Å². The van der Waals surface area contributed by atoms with Gasteiger partial charge in [0.1, 0.15) is 23.6 Å². The Hall–Kier alpha value is -3.97. The second-order valence-corrected chi connectivity index (χ2v) is 11.8. The van der Waals surface area contributed by atoms with Crippen molar-refractivity contribution in [1.82, 2.24) is 19.4 Å². The van der Waals surface area contributed by atoms with Crippen LogP contribution in [0.2, 0.25) is 0 Å². The highest BCUT2D eigenvalue weighted by Crippen LogP contribution is 2.34. The minimum Gasteiger partial charge on any atom is -0.489 e. The van der Waals surface area contributed by atoms with Gasteiger partial charge < -0.3 is 19.6 Å². The number of hydrogen-bond acceptors (Lipinski definition) is 8. The molecule has 0 N–H and O–H groups in total. The lowest BCUT2D eigenvalue weighted by atomic mass is 9.89. The average molecular weight is 600 g/mol. The molecule has 0 aliphatic carbocycles. The van der Waals surface area contributed by atoms with Gasteiger partial charge in [0.2, 0.25) is 0 Å². The highest BCUT2D eigenvalue weighted by Gasteiger charge is 2.41. The van der Waals surface area contributed by atoms with Gasteiger partial charge in [0, 0.05) is 22.5 Å². The molecular formula is C29H28F3N5O4S. The molecule has 1 unspecified atom stereocenters. The van der Waals surface area contributed by atoms with Gasteiger partial charge in [0.25, 0.3) is 0 Å². The third kappa shape index (κ3) is 6.12. The number of rotatable bonds is 8. The maximum atomic E-state index is 12.8. The number of thiazole rings is 1. The first-order chi connectivity index (χ1) is 20.0. The van der Waals surface area contributed by atoms with Gasteiger partial charge >= 0.3 is 18.0 Å². The van der Waals surface area contributed by atoms with Gasteiger partial charge in [-0.15, -0.1) is 11.3 Å². The average Bonchev–Trinajstić information content (AvgIpc) is 3.67. The molecule has 0 spiro atoms. The van der Waals surface area contributed by atoms with E-state index in [0.717, 1.165) is 54.5 Å². The Labute approximate surface area is 243 Å². The molecule has 42 heavy (non-hydrogen) atoms. The van der Waals surface area contributed by atoms with Crippen molar-refractivity contribution in [3.05, 3.63) is 87.0 Å². The van der Waals surface area contributed by atoms with Crippen LogP contribution < -0.4 is 9.47 Å². The summed E-state index contributed by atoms with van der Waals surface area (Å²) in [6.45, 7) is 5.15. The van der Waals surface area contributed by atoms with Gasteiger partial charge in [-0.3, -0.25) is 9.47 Å². The second kappa shape index (κ2) is 11.0. The van der Waals surface area contributed by atoms with Crippen LogP contribution in [0.15, 0.2) is 60.1 Å². The van der Waals surface area contributed by atoms with Crippen molar-refractivity contribution >= 4 is 17.2 Å². The Bertz CT molecular complexity index is 1540. The number of imidazole rings is 1. The molecule has 1 fully saturated rings. The predicted molar refractivity (Wildman–Crippen MR) is 150 cm³/mol. The van der Waals surface area contributed by atoms with Gasteiger partial charge in [0.15, 0.2) is 5.60 Å². The fourth-order valence-corrected chi connectivity index (χ4v) is 6.21. The number of hydrogen-bond donors (Lipinski definition) is 0. The van der Waals surface area contributed by atoms with Gasteiger partial charge in [-0.1, -0.05) is 24.3 Å². The maximum absolute atomic E-state index is 12.8. The van der Waals surface area contributed by atoms with E-state index in [2.05, 4.69) is 27.0 Å². The van der Waals surface area contributed by atoms with Crippen LogP contribution in [0.5, 0.6) is 11.8 Å². The van der Waals surface area contributed by atoms with Gasteiger partial charge in [-0.25, -0.2) is 4.98 Å². The molecule has 2 aliphatic rings. The monoisotopic (exact) mass is 599 g/mol. The highest BCUT2D eigenvalue weighted by molar-refractivity contribution is 7.13. The topological polar surface area (TPSA) is 95.5 Å². The minimum atomic E-state index is -4.35. The standard InChI is InChI=1S/C29H28F3N5O4S/c1-28(17-36-15-25(37(38)39)34-27(36)41-28)18-40-24-8-4-19(5-9-24)20-10-12-35(13-11-20)14-23-16-42-26(33-23)21-2-6-22(7-3-21)29(30,31)32/h2-9,15-16,20H,10-14,17-18H2,1H3. The molecule has 0 amide bonds. The molecule has 2 aliphatic heterocycles. The van der Waals surface area contributed by atoms with Crippen LogP contribution in [-0.4, -0.2) is 49.7 Å². The summed E-state index contributed by atoms with van der Waals surface area (Å²) in [5, 5.41) is 13.6. The number of piperidine rings is 1. The lowest BCUT2D eigenvalue weighted by Gasteiger charge is -2.31. The van der Waals surface area contributed by atoms with Crippen LogP contribution in [0.25, 0.3) is 10.6 Å². The molecule has 4 aromatic rings. The summed E-state index contributed by atoms with van der Waals surface area (Å²) in [5.41, 5.74) is 1.55. The molecule has 0 saturated carbocycles. The van der Waals surface area contributed by atoms with Crippen molar-refractivity contribution in [1.29, 1.82) is 0 Å². The second-order valence-electron chi connectivity index (χ2n) is 10.9. The summed E-state index contributed by atoms with van der Waals surface area (Å²) in [4.78, 5) is 21.3. The Kier molecular flexibility index (Phi) is 7.39. The Morgan fingerprint density at radius 3 is 2.48 bits per heavy atom. The number of halogens is 3. The fraction of sp³-hybridized carbons (Fsp3) is 0.379. The number of nitro groups is 1. The molecule has 2 aromatic heterocycles. The van der Waals surface area contributed by atoms with Gasteiger partial charge in [-0.05, 0) is 73.5 Å². The molecule has 9 nitrogen and oxygen atoms in total. The molecule has 0 bridgehead atoms. The SMILES string of the molecule is CC1(COc2ccc(C3CCN(Cc4csc(-c5ccc(C(F)(F)F)cc5)n4)CC3)cc2)Cn2cc([N+](=O)[O-])nc2O1. The maximum Gasteiger partial charge on any atom is 0.416 e. The minimum absolute atomic E-state index is 0.226. The zero-order valence-electron chi connectivity index (χ0n) is 22.7. The van der Waals surface area contributed by atoms with Crippen molar-refractivity contribution in [2.45, 2.75) is 50.6 Å².